The summed E-state index contributed by atoms with van der Waals surface area (Å²) in [6, 6.07) is 11.4. The van der Waals surface area contributed by atoms with Gasteiger partial charge >= 0.3 is 0 Å². The van der Waals surface area contributed by atoms with E-state index in [1.807, 2.05) is 12.1 Å². The maximum absolute atomic E-state index is 3.24. The topological polar surface area (TPSA) is 0 Å². The SMILES string of the molecule is [c]1ccccc1C1=CCCC1. The summed E-state index contributed by atoms with van der Waals surface area (Å²) in [4.78, 5) is 0. The lowest BCUT2D eigenvalue weighted by Crippen LogP contribution is -1.78. The van der Waals surface area contributed by atoms with Crippen LogP contribution in [0.3, 0.4) is 0 Å². The van der Waals surface area contributed by atoms with Gasteiger partial charge in [0.05, 0.1) is 0 Å². The predicted molar refractivity (Wildman–Crippen MR) is 47.1 cm³/mol. The summed E-state index contributed by atoms with van der Waals surface area (Å²) < 4.78 is 0. The van der Waals surface area contributed by atoms with Crippen LogP contribution in [-0.4, -0.2) is 0 Å². The quantitative estimate of drug-likeness (QED) is 0.566. The molecule has 0 spiro atoms. The van der Waals surface area contributed by atoms with E-state index >= 15 is 0 Å². The summed E-state index contributed by atoms with van der Waals surface area (Å²) in [6.07, 6.45) is 6.13. The Balaban J connectivity index is 2.29. The van der Waals surface area contributed by atoms with Crippen LogP contribution < -0.4 is 0 Å². The van der Waals surface area contributed by atoms with E-state index in [1.165, 1.54) is 30.4 Å². The first kappa shape index (κ1) is 6.66. The minimum Gasteiger partial charge on any atom is -0.0807 e. The molecule has 0 N–H and O–H groups in total. The van der Waals surface area contributed by atoms with Crippen LogP contribution in [0.2, 0.25) is 0 Å². The van der Waals surface area contributed by atoms with E-state index < -0.39 is 0 Å². The van der Waals surface area contributed by atoms with Crippen molar-refractivity contribution >= 4 is 5.57 Å². The van der Waals surface area contributed by atoms with Crippen LogP contribution in [0.5, 0.6) is 0 Å². The van der Waals surface area contributed by atoms with Crippen molar-refractivity contribution in [2.75, 3.05) is 0 Å². The third-order valence-corrected chi connectivity index (χ3v) is 2.10. The molecule has 0 heterocycles. The molecule has 0 atom stereocenters. The highest BCUT2D eigenvalue weighted by Gasteiger charge is 2.05. The minimum atomic E-state index is 1.24. The number of benzene rings is 1. The smallest absolute Gasteiger partial charge is 0.0103 e. The normalized spacial score (nSPS) is 16.5. The van der Waals surface area contributed by atoms with Gasteiger partial charge in [0, 0.05) is 0 Å². The summed E-state index contributed by atoms with van der Waals surface area (Å²) in [5.41, 5.74) is 2.76. The van der Waals surface area contributed by atoms with Gasteiger partial charge < -0.3 is 0 Å². The molecule has 0 unspecified atom stereocenters. The molecule has 55 valence electrons. The highest BCUT2D eigenvalue weighted by atomic mass is 14.1. The van der Waals surface area contributed by atoms with Crippen molar-refractivity contribution in [1.82, 2.24) is 0 Å². The third-order valence-electron chi connectivity index (χ3n) is 2.10. The van der Waals surface area contributed by atoms with Crippen LogP contribution in [0.15, 0.2) is 30.3 Å². The van der Waals surface area contributed by atoms with Gasteiger partial charge in [-0.15, -0.1) is 0 Å². The first-order valence-corrected chi connectivity index (χ1v) is 4.13. The lowest BCUT2D eigenvalue weighted by atomic mass is 10.1. The maximum atomic E-state index is 3.24. The van der Waals surface area contributed by atoms with E-state index in [0.29, 0.717) is 0 Å². The number of rotatable bonds is 1. The van der Waals surface area contributed by atoms with E-state index in [1.54, 1.807) is 0 Å². The zero-order valence-electron chi connectivity index (χ0n) is 6.51. The van der Waals surface area contributed by atoms with Crippen molar-refractivity contribution < 1.29 is 0 Å². The third kappa shape index (κ3) is 1.35. The monoisotopic (exact) mass is 143 g/mol. The molecule has 0 saturated carbocycles. The molecule has 0 aliphatic heterocycles. The van der Waals surface area contributed by atoms with E-state index in [0.717, 1.165) is 0 Å². The van der Waals surface area contributed by atoms with Crippen molar-refractivity contribution in [2.24, 2.45) is 0 Å². The molecule has 2 rings (SSSR count). The zero-order valence-corrected chi connectivity index (χ0v) is 6.51. The maximum Gasteiger partial charge on any atom is -0.0103 e. The zero-order chi connectivity index (χ0) is 7.52. The largest absolute Gasteiger partial charge is 0.0807 e. The average molecular weight is 143 g/mol. The standard InChI is InChI=1S/C11H11/c1-2-6-10(7-3-1)11-8-4-5-9-11/h1-3,6,8H,4-5,9H2. The van der Waals surface area contributed by atoms with Crippen molar-refractivity contribution in [3.05, 3.63) is 42.0 Å². The number of hydrogen-bond donors (Lipinski definition) is 0. The van der Waals surface area contributed by atoms with E-state index in [-0.39, 0.29) is 0 Å². The van der Waals surface area contributed by atoms with Gasteiger partial charge in [0.15, 0.2) is 0 Å². The second kappa shape index (κ2) is 2.91. The van der Waals surface area contributed by atoms with Crippen LogP contribution in [0, 0.1) is 6.07 Å². The van der Waals surface area contributed by atoms with Gasteiger partial charge in [0.25, 0.3) is 0 Å². The molecule has 0 bridgehead atoms. The van der Waals surface area contributed by atoms with Crippen molar-refractivity contribution in [3.8, 4) is 0 Å². The van der Waals surface area contributed by atoms with E-state index in [9.17, 15) is 0 Å². The molecule has 1 aromatic rings. The predicted octanol–water partition coefficient (Wildman–Crippen LogP) is 3.05. The van der Waals surface area contributed by atoms with Gasteiger partial charge in [-0.05, 0) is 36.5 Å². The molecule has 0 aromatic heterocycles. The summed E-state index contributed by atoms with van der Waals surface area (Å²) >= 11 is 0. The second-order valence-electron chi connectivity index (χ2n) is 2.90. The fourth-order valence-electron chi connectivity index (χ4n) is 1.51. The summed E-state index contributed by atoms with van der Waals surface area (Å²) in [7, 11) is 0. The lowest BCUT2D eigenvalue weighted by molar-refractivity contribution is 0.935. The van der Waals surface area contributed by atoms with E-state index in [2.05, 4.69) is 24.3 Å². The lowest BCUT2D eigenvalue weighted by Gasteiger charge is -1.98. The van der Waals surface area contributed by atoms with Gasteiger partial charge in [-0.3, -0.25) is 0 Å². The Morgan fingerprint density at radius 1 is 1.27 bits per heavy atom. The molecule has 0 nitrogen and oxygen atoms in total. The van der Waals surface area contributed by atoms with Crippen molar-refractivity contribution in [3.63, 3.8) is 0 Å². The van der Waals surface area contributed by atoms with Crippen molar-refractivity contribution in [1.29, 1.82) is 0 Å². The Morgan fingerprint density at radius 2 is 2.27 bits per heavy atom. The summed E-state index contributed by atoms with van der Waals surface area (Å²) in [5, 5.41) is 0. The highest BCUT2D eigenvalue weighted by molar-refractivity contribution is 5.66. The molecule has 0 amide bonds. The Bertz CT molecular complexity index is 257. The summed E-state index contributed by atoms with van der Waals surface area (Å²) in [6.45, 7) is 0. The van der Waals surface area contributed by atoms with Crippen LogP contribution in [0.4, 0.5) is 0 Å². The number of hydrogen-bond acceptors (Lipinski definition) is 0. The second-order valence-corrected chi connectivity index (χ2v) is 2.90. The molecule has 11 heavy (non-hydrogen) atoms. The Labute approximate surface area is 67.6 Å². The number of allylic oxidation sites excluding steroid dienone is 2. The van der Waals surface area contributed by atoms with Crippen LogP contribution in [-0.2, 0) is 0 Å². The van der Waals surface area contributed by atoms with Crippen LogP contribution >= 0.6 is 0 Å². The Hall–Kier alpha value is -1.04. The molecule has 0 heteroatoms. The Kier molecular flexibility index (Phi) is 1.76. The van der Waals surface area contributed by atoms with Gasteiger partial charge in [-0.25, -0.2) is 0 Å². The Morgan fingerprint density at radius 3 is 2.91 bits per heavy atom. The van der Waals surface area contributed by atoms with Gasteiger partial charge in [0.1, 0.15) is 0 Å². The molecule has 1 aromatic carbocycles. The van der Waals surface area contributed by atoms with Gasteiger partial charge in [0.2, 0.25) is 0 Å². The first-order chi connectivity index (χ1) is 5.47. The fourth-order valence-corrected chi connectivity index (χ4v) is 1.51. The van der Waals surface area contributed by atoms with Crippen LogP contribution in [0.25, 0.3) is 5.57 Å². The molecular formula is C11H11. The molecular weight excluding hydrogens is 132 g/mol. The average Bonchev–Trinajstić information content (AvgIpc) is 2.58. The van der Waals surface area contributed by atoms with E-state index in [4.69, 9.17) is 0 Å². The van der Waals surface area contributed by atoms with Gasteiger partial charge in [-0.2, -0.15) is 0 Å². The minimum absolute atomic E-state index is 1.24. The van der Waals surface area contributed by atoms with Crippen LogP contribution in [0.1, 0.15) is 24.8 Å². The van der Waals surface area contributed by atoms with Crippen molar-refractivity contribution in [2.45, 2.75) is 19.3 Å². The molecule has 0 saturated heterocycles. The highest BCUT2D eigenvalue weighted by Crippen LogP contribution is 2.26. The molecule has 1 aliphatic carbocycles. The molecule has 0 fully saturated rings. The molecule has 1 aliphatic rings. The fraction of sp³-hybridized carbons (Fsp3) is 0.273. The summed E-state index contributed by atoms with van der Waals surface area (Å²) in [5.74, 6) is 0. The molecule has 1 radical (unpaired) electrons. The van der Waals surface area contributed by atoms with Gasteiger partial charge in [-0.1, -0.05) is 30.3 Å². The first-order valence-electron chi connectivity index (χ1n) is 4.13.